The maximum atomic E-state index is 9.97. The molecule has 0 amide bonds. The van der Waals surface area contributed by atoms with Crippen molar-refractivity contribution in [1.29, 1.82) is 0 Å². The quantitative estimate of drug-likeness (QED) is 0.848. The molecule has 112 valence electrons. The van der Waals surface area contributed by atoms with E-state index in [1.165, 1.54) is 0 Å². The highest BCUT2D eigenvalue weighted by Crippen LogP contribution is 2.62. The molecule has 1 aliphatic rings. The molecule has 1 aromatic rings. The van der Waals surface area contributed by atoms with Crippen LogP contribution in [-0.4, -0.2) is 30.4 Å². The summed E-state index contributed by atoms with van der Waals surface area (Å²) in [6.45, 7) is 9.83. The Bertz CT molecular complexity index is 442. The first-order chi connectivity index (χ1) is 9.25. The van der Waals surface area contributed by atoms with Gasteiger partial charge in [0, 0.05) is 17.6 Å². The highest BCUT2D eigenvalue weighted by molar-refractivity contribution is 6.30. The molecule has 0 heterocycles. The largest absolute Gasteiger partial charge is 0.491 e. The number of halogens is 1. The van der Waals surface area contributed by atoms with Crippen LogP contribution in [0.4, 0.5) is 0 Å². The SMILES string of the molecule is CC1(C)C(NCC(O)COc2ccc(Cl)cc2)C1(C)C. The summed E-state index contributed by atoms with van der Waals surface area (Å²) in [6, 6.07) is 7.60. The molecule has 0 bridgehead atoms. The molecule has 1 atom stereocenters. The Balaban J connectivity index is 1.71. The van der Waals surface area contributed by atoms with Crippen LogP contribution >= 0.6 is 11.6 Å². The molecular weight excluding hydrogens is 274 g/mol. The van der Waals surface area contributed by atoms with Crippen molar-refractivity contribution in [2.24, 2.45) is 10.8 Å². The zero-order chi connectivity index (χ0) is 15.0. The maximum absolute atomic E-state index is 9.97. The average molecular weight is 298 g/mol. The molecule has 1 unspecified atom stereocenters. The third-order valence-electron chi connectivity index (χ3n) is 4.83. The Morgan fingerprint density at radius 2 is 1.75 bits per heavy atom. The van der Waals surface area contributed by atoms with Gasteiger partial charge in [0.05, 0.1) is 0 Å². The van der Waals surface area contributed by atoms with Gasteiger partial charge in [0.2, 0.25) is 0 Å². The van der Waals surface area contributed by atoms with Gasteiger partial charge >= 0.3 is 0 Å². The van der Waals surface area contributed by atoms with Crippen LogP contribution in [-0.2, 0) is 0 Å². The molecule has 4 heteroatoms. The van der Waals surface area contributed by atoms with Gasteiger partial charge in [-0.1, -0.05) is 39.3 Å². The highest BCUT2D eigenvalue weighted by atomic mass is 35.5. The number of benzene rings is 1. The molecular formula is C16H24ClNO2. The van der Waals surface area contributed by atoms with Crippen LogP contribution in [0.25, 0.3) is 0 Å². The van der Waals surface area contributed by atoms with E-state index >= 15 is 0 Å². The first kappa shape index (κ1) is 15.6. The van der Waals surface area contributed by atoms with Crippen LogP contribution in [0.3, 0.4) is 0 Å². The Morgan fingerprint density at radius 3 is 2.25 bits per heavy atom. The van der Waals surface area contributed by atoms with E-state index in [1.54, 1.807) is 24.3 Å². The van der Waals surface area contributed by atoms with E-state index in [0.29, 0.717) is 17.6 Å². The van der Waals surface area contributed by atoms with Gasteiger partial charge in [-0.05, 0) is 35.1 Å². The van der Waals surface area contributed by atoms with Gasteiger partial charge < -0.3 is 15.2 Å². The molecule has 1 aliphatic carbocycles. The third kappa shape index (κ3) is 3.11. The second kappa shape index (κ2) is 5.55. The Labute approximate surface area is 126 Å². The fraction of sp³-hybridized carbons (Fsp3) is 0.625. The summed E-state index contributed by atoms with van der Waals surface area (Å²) in [5.41, 5.74) is 0.563. The van der Waals surface area contributed by atoms with Crippen molar-refractivity contribution in [1.82, 2.24) is 5.32 Å². The van der Waals surface area contributed by atoms with Gasteiger partial charge in [-0.15, -0.1) is 0 Å². The van der Waals surface area contributed by atoms with E-state index in [-0.39, 0.29) is 17.4 Å². The fourth-order valence-corrected chi connectivity index (χ4v) is 2.87. The van der Waals surface area contributed by atoms with Crippen molar-refractivity contribution in [3.05, 3.63) is 29.3 Å². The Morgan fingerprint density at radius 1 is 1.20 bits per heavy atom. The summed E-state index contributed by atoms with van der Waals surface area (Å²) in [5, 5.41) is 14.1. The molecule has 3 nitrogen and oxygen atoms in total. The molecule has 0 aromatic heterocycles. The first-order valence-electron chi connectivity index (χ1n) is 7.05. The summed E-state index contributed by atoms with van der Waals surface area (Å²) in [6.07, 6.45) is -0.516. The summed E-state index contributed by atoms with van der Waals surface area (Å²) in [7, 11) is 0. The number of aliphatic hydroxyl groups is 1. The normalized spacial score (nSPS) is 21.5. The lowest BCUT2D eigenvalue weighted by atomic mass is 10.0. The minimum atomic E-state index is -0.516. The number of hydrogen-bond donors (Lipinski definition) is 2. The maximum Gasteiger partial charge on any atom is 0.119 e. The van der Waals surface area contributed by atoms with E-state index < -0.39 is 6.10 Å². The number of hydrogen-bond acceptors (Lipinski definition) is 3. The lowest BCUT2D eigenvalue weighted by molar-refractivity contribution is 0.105. The van der Waals surface area contributed by atoms with E-state index in [4.69, 9.17) is 16.3 Å². The zero-order valence-electron chi connectivity index (χ0n) is 12.6. The second-order valence-corrected chi connectivity index (χ2v) is 7.14. The van der Waals surface area contributed by atoms with E-state index in [0.717, 1.165) is 5.75 Å². The Kier molecular flexibility index (Phi) is 4.33. The van der Waals surface area contributed by atoms with Crippen molar-refractivity contribution in [2.45, 2.75) is 39.8 Å². The number of nitrogens with one attached hydrogen (secondary N) is 1. The van der Waals surface area contributed by atoms with Gasteiger partial charge in [0.1, 0.15) is 18.5 Å². The average Bonchev–Trinajstić information content (AvgIpc) is 2.76. The van der Waals surface area contributed by atoms with Gasteiger partial charge in [-0.2, -0.15) is 0 Å². The summed E-state index contributed by atoms with van der Waals surface area (Å²) >= 11 is 5.80. The third-order valence-corrected chi connectivity index (χ3v) is 5.09. The minimum absolute atomic E-state index is 0.280. The highest BCUT2D eigenvalue weighted by Gasteiger charge is 2.64. The summed E-state index contributed by atoms with van der Waals surface area (Å²) in [4.78, 5) is 0. The molecule has 0 spiro atoms. The molecule has 0 radical (unpaired) electrons. The number of rotatable bonds is 6. The summed E-state index contributed by atoms with van der Waals surface area (Å²) in [5.74, 6) is 0.723. The molecule has 1 saturated carbocycles. The lowest BCUT2D eigenvalue weighted by Crippen LogP contribution is -2.34. The monoisotopic (exact) mass is 297 g/mol. The topological polar surface area (TPSA) is 41.5 Å². The molecule has 0 saturated heterocycles. The molecule has 20 heavy (non-hydrogen) atoms. The number of ether oxygens (including phenoxy) is 1. The Hall–Kier alpha value is -0.770. The second-order valence-electron chi connectivity index (χ2n) is 6.70. The molecule has 2 rings (SSSR count). The number of aliphatic hydroxyl groups excluding tert-OH is 1. The fourth-order valence-electron chi connectivity index (χ4n) is 2.74. The predicted molar refractivity (Wildman–Crippen MR) is 82.3 cm³/mol. The lowest BCUT2D eigenvalue weighted by Gasteiger charge is -2.14. The smallest absolute Gasteiger partial charge is 0.119 e. The van der Waals surface area contributed by atoms with Crippen LogP contribution in [0, 0.1) is 10.8 Å². The van der Waals surface area contributed by atoms with Crippen LogP contribution < -0.4 is 10.1 Å². The molecule has 2 N–H and O–H groups in total. The van der Waals surface area contributed by atoms with E-state index in [2.05, 4.69) is 33.0 Å². The van der Waals surface area contributed by atoms with Crippen molar-refractivity contribution >= 4 is 11.6 Å². The van der Waals surface area contributed by atoms with Crippen LogP contribution in [0.2, 0.25) is 5.02 Å². The van der Waals surface area contributed by atoms with Crippen molar-refractivity contribution in [2.75, 3.05) is 13.2 Å². The van der Waals surface area contributed by atoms with Crippen molar-refractivity contribution in [3.63, 3.8) is 0 Å². The first-order valence-corrected chi connectivity index (χ1v) is 7.43. The minimum Gasteiger partial charge on any atom is -0.491 e. The van der Waals surface area contributed by atoms with Crippen molar-refractivity contribution < 1.29 is 9.84 Å². The molecule has 1 fully saturated rings. The zero-order valence-corrected chi connectivity index (χ0v) is 13.4. The van der Waals surface area contributed by atoms with Gasteiger partial charge in [0.15, 0.2) is 0 Å². The van der Waals surface area contributed by atoms with Crippen LogP contribution in [0.5, 0.6) is 5.75 Å². The van der Waals surface area contributed by atoms with Crippen LogP contribution in [0.1, 0.15) is 27.7 Å². The van der Waals surface area contributed by atoms with Gasteiger partial charge in [-0.25, -0.2) is 0 Å². The standard InChI is InChI=1S/C16H24ClNO2/c1-15(2)14(16(15,3)4)18-9-12(19)10-20-13-7-5-11(17)6-8-13/h5-8,12,14,18-19H,9-10H2,1-4H3. The molecule has 1 aromatic carbocycles. The van der Waals surface area contributed by atoms with E-state index in [9.17, 15) is 5.11 Å². The van der Waals surface area contributed by atoms with Gasteiger partial charge in [-0.3, -0.25) is 0 Å². The molecule has 0 aliphatic heterocycles. The van der Waals surface area contributed by atoms with E-state index in [1.807, 2.05) is 0 Å². The van der Waals surface area contributed by atoms with Crippen LogP contribution in [0.15, 0.2) is 24.3 Å². The predicted octanol–water partition coefficient (Wildman–Crippen LogP) is 3.10. The van der Waals surface area contributed by atoms with Crippen molar-refractivity contribution in [3.8, 4) is 5.75 Å². The van der Waals surface area contributed by atoms with Gasteiger partial charge in [0.25, 0.3) is 0 Å². The summed E-state index contributed by atoms with van der Waals surface area (Å²) < 4.78 is 5.53.